The Kier molecular flexibility index (Phi) is 6.89. The fourth-order valence-corrected chi connectivity index (χ4v) is 5.32. The van der Waals surface area contributed by atoms with Crippen LogP contribution >= 0.6 is 0 Å². The maximum absolute atomic E-state index is 14.3. The van der Waals surface area contributed by atoms with Crippen molar-refractivity contribution < 1.29 is 8.78 Å². The largest absolute Gasteiger partial charge is 0.203 e. The van der Waals surface area contributed by atoms with Crippen molar-refractivity contribution in [3.63, 3.8) is 0 Å². The number of allylic oxidation sites excluding steroid dienone is 2. The first-order chi connectivity index (χ1) is 12.6. The molecule has 0 amide bonds. The second-order valence-corrected chi connectivity index (χ2v) is 8.64. The molecule has 2 saturated carbocycles. The molecule has 0 aliphatic heterocycles. The van der Waals surface area contributed by atoms with Crippen LogP contribution in [0.1, 0.15) is 88.2 Å². The van der Waals surface area contributed by atoms with Gasteiger partial charge in [-0.1, -0.05) is 37.1 Å². The summed E-state index contributed by atoms with van der Waals surface area (Å²) in [5.41, 5.74) is 1.02. The zero-order valence-corrected chi connectivity index (χ0v) is 16.4. The Balaban J connectivity index is 1.48. The monoisotopic (exact) mass is 360 g/mol. The number of rotatable bonds is 5. The molecule has 1 aromatic rings. The predicted molar refractivity (Wildman–Crippen MR) is 105 cm³/mol. The summed E-state index contributed by atoms with van der Waals surface area (Å²) in [7, 11) is 0. The third-order valence-corrected chi connectivity index (χ3v) is 7.05. The normalized spacial score (nSPS) is 30.0. The number of hydrogen-bond donors (Lipinski definition) is 0. The van der Waals surface area contributed by atoms with E-state index in [1.807, 2.05) is 6.07 Å². The lowest BCUT2D eigenvalue weighted by molar-refractivity contribution is 0.156. The van der Waals surface area contributed by atoms with E-state index in [0.29, 0.717) is 11.1 Å². The molecule has 0 radical (unpaired) electrons. The van der Waals surface area contributed by atoms with Gasteiger partial charge in [-0.3, -0.25) is 0 Å². The fraction of sp³-hybridized carbons (Fsp3) is 0.667. The van der Waals surface area contributed by atoms with Gasteiger partial charge in [0.05, 0.1) is 0 Å². The second kappa shape index (κ2) is 9.15. The lowest BCUT2D eigenvalue weighted by atomic mass is 9.68. The lowest BCUT2D eigenvalue weighted by Crippen LogP contribution is -2.25. The molecular formula is C24H34F2. The molecule has 1 aromatic carbocycles. The summed E-state index contributed by atoms with van der Waals surface area (Å²) in [4.78, 5) is 0. The van der Waals surface area contributed by atoms with Gasteiger partial charge in [0.15, 0.2) is 11.6 Å². The third kappa shape index (κ3) is 4.56. The maximum atomic E-state index is 14.3. The topological polar surface area (TPSA) is 0 Å². The molecular weight excluding hydrogens is 326 g/mol. The van der Waals surface area contributed by atoms with Crippen molar-refractivity contribution in [2.45, 2.75) is 84.0 Å². The van der Waals surface area contributed by atoms with Crippen LogP contribution in [0.15, 0.2) is 24.3 Å². The Morgan fingerprint density at radius 1 is 0.885 bits per heavy atom. The summed E-state index contributed by atoms with van der Waals surface area (Å²) in [6.45, 7) is 3.73. The van der Waals surface area contributed by atoms with Crippen molar-refractivity contribution >= 4 is 0 Å². The molecule has 0 heterocycles. The van der Waals surface area contributed by atoms with Crippen molar-refractivity contribution in [3.8, 4) is 0 Å². The van der Waals surface area contributed by atoms with Gasteiger partial charge in [-0.25, -0.2) is 8.78 Å². The highest BCUT2D eigenvalue weighted by Gasteiger charge is 2.32. The van der Waals surface area contributed by atoms with Crippen LogP contribution < -0.4 is 0 Å². The van der Waals surface area contributed by atoms with E-state index < -0.39 is 11.6 Å². The number of hydrogen-bond acceptors (Lipinski definition) is 0. The molecule has 2 heteroatoms. The molecule has 0 aromatic heterocycles. The van der Waals surface area contributed by atoms with E-state index >= 15 is 0 Å². The van der Waals surface area contributed by atoms with Gasteiger partial charge in [0.25, 0.3) is 0 Å². The van der Waals surface area contributed by atoms with Gasteiger partial charge in [-0.2, -0.15) is 0 Å². The zero-order chi connectivity index (χ0) is 18.5. The molecule has 0 N–H and O–H groups in total. The minimum absolute atomic E-state index is 0.207. The van der Waals surface area contributed by atoms with E-state index in [1.54, 1.807) is 13.0 Å². The maximum Gasteiger partial charge on any atom is 0.162 e. The Labute approximate surface area is 158 Å². The van der Waals surface area contributed by atoms with Crippen LogP contribution in [0.2, 0.25) is 0 Å². The first-order valence-corrected chi connectivity index (χ1v) is 10.7. The van der Waals surface area contributed by atoms with Crippen LogP contribution in [-0.2, 0) is 0 Å². The first-order valence-electron chi connectivity index (χ1n) is 10.7. The fourth-order valence-electron chi connectivity index (χ4n) is 5.32. The molecule has 3 rings (SSSR count). The van der Waals surface area contributed by atoms with E-state index in [4.69, 9.17) is 0 Å². The van der Waals surface area contributed by atoms with E-state index in [9.17, 15) is 8.78 Å². The molecule has 0 unspecified atom stereocenters. The average Bonchev–Trinajstić information content (AvgIpc) is 2.67. The Morgan fingerprint density at radius 3 is 2.12 bits per heavy atom. The molecule has 0 bridgehead atoms. The van der Waals surface area contributed by atoms with Gasteiger partial charge in [-0.15, -0.1) is 0 Å². The van der Waals surface area contributed by atoms with Crippen molar-refractivity contribution in [2.75, 3.05) is 0 Å². The lowest BCUT2D eigenvalue weighted by Gasteiger charge is -2.38. The van der Waals surface area contributed by atoms with Crippen LogP contribution in [-0.4, -0.2) is 0 Å². The zero-order valence-electron chi connectivity index (χ0n) is 16.4. The summed E-state index contributed by atoms with van der Waals surface area (Å²) in [6, 6.07) is 3.55. The second-order valence-electron chi connectivity index (χ2n) is 8.64. The van der Waals surface area contributed by atoms with Gasteiger partial charge in [0, 0.05) is 0 Å². The van der Waals surface area contributed by atoms with Crippen molar-refractivity contribution in [3.05, 3.63) is 47.0 Å². The van der Waals surface area contributed by atoms with Gasteiger partial charge in [0.2, 0.25) is 0 Å². The van der Waals surface area contributed by atoms with Gasteiger partial charge < -0.3 is 0 Å². The highest BCUT2D eigenvalue weighted by molar-refractivity contribution is 5.28. The highest BCUT2D eigenvalue weighted by Crippen LogP contribution is 2.45. The molecule has 26 heavy (non-hydrogen) atoms. The van der Waals surface area contributed by atoms with Crippen LogP contribution in [0, 0.1) is 36.3 Å². The number of aryl methyl sites for hydroxylation is 1. The molecule has 0 saturated heterocycles. The van der Waals surface area contributed by atoms with Crippen molar-refractivity contribution in [1.82, 2.24) is 0 Å². The summed E-state index contributed by atoms with van der Waals surface area (Å²) in [5, 5.41) is 0. The summed E-state index contributed by atoms with van der Waals surface area (Å²) in [6.07, 6.45) is 17.0. The van der Waals surface area contributed by atoms with E-state index in [1.165, 1.54) is 51.4 Å². The Hall–Kier alpha value is -1.18. The van der Waals surface area contributed by atoms with Gasteiger partial charge in [-0.05, 0) is 100 Å². The molecule has 2 aliphatic carbocycles. The third-order valence-electron chi connectivity index (χ3n) is 7.05. The average molecular weight is 361 g/mol. The van der Waals surface area contributed by atoms with Crippen molar-refractivity contribution in [2.24, 2.45) is 17.8 Å². The molecule has 0 spiro atoms. The van der Waals surface area contributed by atoms with Crippen LogP contribution in [0.4, 0.5) is 8.78 Å². The standard InChI is InChI=1S/C24H34F2/c1-3-4-5-6-18-8-10-19(11-9-18)20-12-14-21(15-13-20)22-16-7-17(2)23(25)24(22)26/h3-4,7,16,18-21H,5-6,8-15H2,1-2H3/b4-3+. The summed E-state index contributed by atoms with van der Waals surface area (Å²) in [5.74, 6) is 1.55. The van der Waals surface area contributed by atoms with Gasteiger partial charge >= 0.3 is 0 Å². The van der Waals surface area contributed by atoms with Crippen molar-refractivity contribution in [1.29, 1.82) is 0 Å². The number of halogens is 2. The van der Waals surface area contributed by atoms with E-state index in [0.717, 1.165) is 30.6 Å². The number of benzene rings is 1. The summed E-state index contributed by atoms with van der Waals surface area (Å²) >= 11 is 0. The Bertz CT molecular complexity index is 603. The first kappa shape index (κ1) is 19.6. The minimum Gasteiger partial charge on any atom is -0.203 e. The summed E-state index contributed by atoms with van der Waals surface area (Å²) < 4.78 is 28.2. The van der Waals surface area contributed by atoms with Crippen LogP contribution in [0.25, 0.3) is 0 Å². The Morgan fingerprint density at radius 2 is 1.50 bits per heavy atom. The molecule has 0 nitrogen and oxygen atoms in total. The smallest absolute Gasteiger partial charge is 0.162 e. The molecule has 2 fully saturated rings. The quantitative estimate of drug-likeness (QED) is 0.472. The minimum atomic E-state index is -0.652. The predicted octanol–water partition coefficient (Wildman–Crippen LogP) is 7.71. The molecule has 2 aliphatic rings. The van der Waals surface area contributed by atoms with E-state index in [2.05, 4.69) is 19.1 Å². The molecule has 144 valence electrons. The highest BCUT2D eigenvalue weighted by atomic mass is 19.2. The van der Waals surface area contributed by atoms with Crippen LogP contribution in [0.5, 0.6) is 0 Å². The van der Waals surface area contributed by atoms with E-state index in [-0.39, 0.29) is 5.92 Å². The molecule has 0 atom stereocenters. The van der Waals surface area contributed by atoms with Gasteiger partial charge in [0.1, 0.15) is 0 Å². The SMILES string of the molecule is C/C=C/CCC1CCC(C2CCC(c3ccc(C)c(F)c3F)CC2)CC1. The van der Waals surface area contributed by atoms with Crippen LogP contribution in [0.3, 0.4) is 0 Å².